The summed E-state index contributed by atoms with van der Waals surface area (Å²) in [5.74, 6) is -0.126. The highest BCUT2D eigenvalue weighted by atomic mass is 32.2. The second-order valence-corrected chi connectivity index (χ2v) is 6.03. The molecular formula is C7H12NO4PS2. The van der Waals surface area contributed by atoms with Gasteiger partial charge in [0.15, 0.2) is 4.32 Å². The molecule has 0 saturated carbocycles. The zero-order valence-corrected chi connectivity index (χ0v) is 11.0. The maximum atomic E-state index is 12.2. The van der Waals surface area contributed by atoms with Crippen LogP contribution >= 0.6 is 31.7 Å². The molecule has 1 saturated heterocycles. The Bertz CT molecular complexity index is 296. The first kappa shape index (κ1) is 13.1. The van der Waals surface area contributed by atoms with Crippen LogP contribution in [-0.2, 0) is 18.4 Å². The number of carbonyl (C=O) groups excluding carboxylic acids is 1. The highest BCUT2D eigenvalue weighted by Gasteiger charge is 2.43. The average molecular weight is 269 g/mol. The molecule has 5 nitrogen and oxygen atoms in total. The number of carbonyl (C=O) groups is 1. The van der Waals surface area contributed by atoms with Gasteiger partial charge in [-0.3, -0.25) is 13.8 Å². The van der Waals surface area contributed by atoms with E-state index in [1.165, 1.54) is 11.8 Å². The lowest BCUT2D eigenvalue weighted by atomic mass is 10.7. The Morgan fingerprint density at radius 3 is 2.33 bits per heavy atom. The highest BCUT2D eigenvalue weighted by molar-refractivity contribution is 8.24. The first-order valence-corrected chi connectivity index (χ1v) is 7.33. The van der Waals surface area contributed by atoms with Crippen molar-refractivity contribution in [2.45, 2.75) is 13.8 Å². The lowest BCUT2D eigenvalue weighted by molar-refractivity contribution is -0.121. The molecule has 1 rings (SSSR count). The van der Waals surface area contributed by atoms with Gasteiger partial charge < -0.3 is 0 Å². The summed E-state index contributed by atoms with van der Waals surface area (Å²) in [4.78, 5) is 11.5. The van der Waals surface area contributed by atoms with E-state index >= 15 is 0 Å². The minimum atomic E-state index is -3.56. The van der Waals surface area contributed by atoms with Crippen LogP contribution < -0.4 is 0 Å². The molecule has 0 aromatic rings. The molecule has 0 unspecified atom stereocenters. The fourth-order valence-corrected chi connectivity index (χ4v) is 4.31. The van der Waals surface area contributed by atoms with Crippen LogP contribution in [0.15, 0.2) is 0 Å². The third-order valence-electron chi connectivity index (χ3n) is 1.56. The maximum absolute atomic E-state index is 12.2. The Morgan fingerprint density at radius 1 is 1.47 bits per heavy atom. The number of nitrogens with zero attached hydrogens (tertiary/aromatic N) is 1. The minimum absolute atomic E-state index is 0.197. The van der Waals surface area contributed by atoms with Gasteiger partial charge in [0.25, 0.3) is 0 Å². The van der Waals surface area contributed by atoms with Crippen LogP contribution in [0.3, 0.4) is 0 Å². The van der Waals surface area contributed by atoms with Gasteiger partial charge >= 0.3 is 7.75 Å². The fourth-order valence-electron chi connectivity index (χ4n) is 1.06. The molecule has 0 radical (unpaired) electrons. The van der Waals surface area contributed by atoms with Crippen LogP contribution in [0.2, 0.25) is 0 Å². The van der Waals surface area contributed by atoms with Crippen molar-refractivity contribution in [2.24, 2.45) is 0 Å². The standard InChI is InChI=1S/C7H12NO4PS2/c1-3-11-13(10,12-4-2)8-6(9)5-15-7(8)14/h3-5H2,1-2H3. The van der Waals surface area contributed by atoms with Crippen LogP contribution in [0.25, 0.3) is 0 Å². The molecule has 0 bridgehead atoms. The van der Waals surface area contributed by atoms with Crippen LogP contribution in [0.5, 0.6) is 0 Å². The van der Waals surface area contributed by atoms with E-state index in [0.29, 0.717) is 0 Å². The molecule has 1 fully saturated rings. The van der Waals surface area contributed by atoms with Gasteiger partial charge in [0.1, 0.15) is 0 Å². The number of amides is 1. The van der Waals surface area contributed by atoms with Crippen molar-refractivity contribution in [3.05, 3.63) is 0 Å². The van der Waals surface area contributed by atoms with Crippen molar-refractivity contribution in [3.63, 3.8) is 0 Å². The first-order valence-electron chi connectivity index (χ1n) is 4.44. The average Bonchev–Trinajstić information content (AvgIpc) is 2.47. The molecule has 1 aliphatic heterocycles. The van der Waals surface area contributed by atoms with Gasteiger partial charge in [0.05, 0.1) is 19.0 Å². The summed E-state index contributed by atoms with van der Waals surface area (Å²) in [7, 11) is -3.56. The van der Waals surface area contributed by atoms with Gasteiger partial charge in [0.2, 0.25) is 5.91 Å². The summed E-state index contributed by atoms with van der Waals surface area (Å²) in [5.41, 5.74) is 0. The SMILES string of the molecule is CCOP(=O)(OCC)N1C(=O)CSC1=S. The molecule has 0 aromatic heterocycles. The van der Waals surface area contributed by atoms with E-state index in [9.17, 15) is 9.36 Å². The van der Waals surface area contributed by atoms with Crippen LogP contribution in [0.1, 0.15) is 13.8 Å². The summed E-state index contributed by atoms with van der Waals surface area (Å²) < 4.78 is 23.5. The molecule has 0 atom stereocenters. The normalized spacial score (nSPS) is 17.6. The van der Waals surface area contributed by atoms with E-state index in [4.69, 9.17) is 21.3 Å². The summed E-state index contributed by atoms with van der Waals surface area (Å²) in [6, 6.07) is 0. The molecule has 1 aliphatic rings. The van der Waals surface area contributed by atoms with Crippen molar-refractivity contribution >= 4 is 42.0 Å². The van der Waals surface area contributed by atoms with Crippen molar-refractivity contribution in [3.8, 4) is 0 Å². The van der Waals surface area contributed by atoms with E-state index in [2.05, 4.69) is 0 Å². The van der Waals surface area contributed by atoms with Gasteiger partial charge in [-0.2, -0.15) is 4.67 Å². The molecule has 0 N–H and O–H groups in total. The Morgan fingerprint density at radius 2 is 2.00 bits per heavy atom. The number of hydrogen-bond donors (Lipinski definition) is 0. The van der Waals surface area contributed by atoms with Gasteiger partial charge in [-0.1, -0.05) is 24.0 Å². The topological polar surface area (TPSA) is 55.8 Å². The molecule has 0 aliphatic carbocycles. The van der Waals surface area contributed by atoms with E-state index in [0.717, 1.165) is 4.67 Å². The van der Waals surface area contributed by atoms with Crippen molar-refractivity contribution in [1.82, 2.24) is 4.67 Å². The van der Waals surface area contributed by atoms with Gasteiger partial charge in [-0.15, -0.1) is 0 Å². The molecule has 8 heteroatoms. The number of thioether (sulfide) groups is 1. The fraction of sp³-hybridized carbons (Fsp3) is 0.714. The third-order valence-corrected chi connectivity index (χ3v) is 5.27. The van der Waals surface area contributed by atoms with Crippen LogP contribution in [-0.4, -0.2) is 33.9 Å². The number of thiocarbonyl (C=S) groups is 1. The summed E-state index contributed by atoms with van der Waals surface area (Å²) in [6.45, 7) is 3.77. The first-order chi connectivity index (χ1) is 7.05. The monoisotopic (exact) mass is 269 g/mol. The summed E-state index contributed by atoms with van der Waals surface area (Å²) in [5, 5.41) is 0. The van der Waals surface area contributed by atoms with Gasteiger partial charge in [-0.05, 0) is 13.8 Å². The second kappa shape index (κ2) is 5.41. The predicted molar refractivity (Wildman–Crippen MR) is 62.8 cm³/mol. The molecule has 1 amide bonds. The molecule has 1 heterocycles. The maximum Gasteiger partial charge on any atom is 0.443 e. The van der Waals surface area contributed by atoms with E-state index < -0.39 is 7.75 Å². The zero-order chi connectivity index (χ0) is 11.5. The lowest BCUT2D eigenvalue weighted by Gasteiger charge is -2.24. The van der Waals surface area contributed by atoms with Crippen molar-refractivity contribution < 1.29 is 18.4 Å². The summed E-state index contributed by atoms with van der Waals surface area (Å²) in [6.07, 6.45) is 0. The highest BCUT2D eigenvalue weighted by Crippen LogP contribution is 2.55. The quantitative estimate of drug-likeness (QED) is 0.562. The smallest absolute Gasteiger partial charge is 0.292 e. The second-order valence-electron chi connectivity index (χ2n) is 2.56. The van der Waals surface area contributed by atoms with Crippen molar-refractivity contribution in [2.75, 3.05) is 19.0 Å². The molecule has 86 valence electrons. The lowest BCUT2D eigenvalue weighted by Crippen LogP contribution is -2.27. The molecule has 0 aromatic carbocycles. The van der Waals surface area contributed by atoms with Gasteiger partial charge in [0, 0.05) is 0 Å². The minimum Gasteiger partial charge on any atom is -0.292 e. The zero-order valence-electron chi connectivity index (χ0n) is 8.47. The van der Waals surface area contributed by atoms with E-state index in [1.54, 1.807) is 13.8 Å². The largest absolute Gasteiger partial charge is 0.443 e. The molecule has 0 spiro atoms. The molecule has 15 heavy (non-hydrogen) atoms. The van der Waals surface area contributed by atoms with E-state index in [-0.39, 0.29) is 29.2 Å². The molecular weight excluding hydrogens is 257 g/mol. The Labute approximate surface area is 98.1 Å². The number of hydrogen-bond acceptors (Lipinski definition) is 6. The van der Waals surface area contributed by atoms with E-state index in [1.807, 2.05) is 0 Å². The van der Waals surface area contributed by atoms with Crippen LogP contribution in [0.4, 0.5) is 0 Å². The third kappa shape index (κ3) is 2.79. The number of rotatable bonds is 5. The van der Waals surface area contributed by atoms with Crippen LogP contribution in [0, 0.1) is 0 Å². The van der Waals surface area contributed by atoms with Crippen molar-refractivity contribution in [1.29, 1.82) is 0 Å². The Hall–Kier alpha value is 0.0600. The van der Waals surface area contributed by atoms with Gasteiger partial charge in [-0.25, -0.2) is 4.57 Å². The Balaban J connectivity index is 2.92. The Kier molecular flexibility index (Phi) is 4.73. The summed E-state index contributed by atoms with van der Waals surface area (Å²) >= 11 is 6.10. The predicted octanol–water partition coefficient (Wildman–Crippen LogP) is 2.03.